The van der Waals surface area contributed by atoms with Gasteiger partial charge in [-0.05, 0) is 56.6 Å². The molecule has 0 atom stereocenters. The monoisotopic (exact) mass is 430 g/mol. The van der Waals surface area contributed by atoms with Crippen LogP contribution in [-0.4, -0.2) is 62.7 Å². The van der Waals surface area contributed by atoms with Gasteiger partial charge in [0.25, 0.3) is 0 Å². The molecule has 0 unspecified atom stereocenters. The quantitative estimate of drug-likeness (QED) is 0.630. The molecule has 3 aromatic rings. The Labute approximate surface area is 179 Å². The number of carbonyl (C=O) groups is 1. The molecule has 0 spiro atoms. The average molecular weight is 431 g/mol. The third-order valence-electron chi connectivity index (χ3n) is 4.57. The fourth-order valence-corrected chi connectivity index (χ4v) is 3.32. The highest BCUT2D eigenvalue weighted by molar-refractivity contribution is 6.28. The van der Waals surface area contributed by atoms with E-state index in [2.05, 4.69) is 24.8 Å². The zero-order chi connectivity index (χ0) is 21.3. The molecule has 9 nitrogen and oxygen atoms in total. The first-order valence-corrected chi connectivity index (χ1v) is 10.0. The molecule has 1 saturated heterocycles. The lowest BCUT2D eigenvalue weighted by Crippen LogP contribution is -2.50. The lowest BCUT2D eigenvalue weighted by atomic mass is 10.2. The van der Waals surface area contributed by atoms with Crippen LogP contribution in [0.2, 0.25) is 5.28 Å². The molecule has 1 aliphatic rings. The molecule has 1 fully saturated rings. The van der Waals surface area contributed by atoms with E-state index in [4.69, 9.17) is 21.1 Å². The van der Waals surface area contributed by atoms with E-state index in [1.165, 1.54) is 6.33 Å². The van der Waals surface area contributed by atoms with Crippen LogP contribution in [0.25, 0.3) is 11.2 Å². The van der Waals surface area contributed by atoms with Crippen LogP contribution in [0, 0.1) is 0 Å². The number of H-pyrrole nitrogens is 1. The zero-order valence-electron chi connectivity index (χ0n) is 17.1. The number of carbonyl (C=O) groups excluding carboxylic acids is 1. The van der Waals surface area contributed by atoms with Crippen molar-refractivity contribution in [2.75, 3.05) is 31.1 Å². The number of aromatic amines is 1. The molecule has 1 amide bonds. The van der Waals surface area contributed by atoms with E-state index < -0.39 is 5.60 Å². The molecule has 10 heteroatoms. The summed E-state index contributed by atoms with van der Waals surface area (Å²) in [4.78, 5) is 31.4. The van der Waals surface area contributed by atoms with Gasteiger partial charge in [-0.2, -0.15) is 9.97 Å². The molecule has 158 valence electrons. The van der Waals surface area contributed by atoms with Crippen molar-refractivity contribution in [2.24, 2.45) is 0 Å². The summed E-state index contributed by atoms with van der Waals surface area (Å²) in [6, 6.07) is 7.69. The van der Waals surface area contributed by atoms with Crippen LogP contribution in [0.3, 0.4) is 0 Å². The van der Waals surface area contributed by atoms with Crippen molar-refractivity contribution in [3.8, 4) is 11.6 Å². The first-order chi connectivity index (χ1) is 14.3. The van der Waals surface area contributed by atoms with Crippen molar-refractivity contribution >= 4 is 34.5 Å². The summed E-state index contributed by atoms with van der Waals surface area (Å²) >= 11 is 5.94. The molecule has 1 aliphatic heterocycles. The highest BCUT2D eigenvalue weighted by atomic mass is 35.5. The van der Waals surface area contributed by atoms with Crippen LogP contribution in [0.1, 0.15) is 20.8 Å². The summed E-state index contributed by atoms with van der Waals surface area (Å²) in [6.07, 6.45) is 1.25. The topological polar surface area (TPSA) is 96.5 Å². The number of nitrogens with zero attached hydrogens (tertiary/aromatic N) is 5. The number of amides is 1. The molecule has 0 radical (unpaired) electrons. The lowest BCUT2D eigenvalue weighted by molar-refractivity contribution is 0.0240. The van der Waals surface area contributed by atoms with Crippen LogP contribution in [0.4, 0.5) is 10.5 Å². The maximum atomic E-state index is 12.2. The third-order valence-corrected chi connectivity index (χ3v) is 4.74. The van der Waals surface area contributed by atoms with Crippen molar-refractivity contribution < 1.29 is 14.3 Å². The zero-order valence-corrected chi connectivity index (χ0v) is 17.8. The molecule has 4 rings (SSSR count). The number of imidazole rings is 1. The molecular formula is C20H23ClN6O3. The molecule has 1 aromatic carbocycles. The number of fused-ring (bicyclic) bond motifs is 1. The van der Waals surface area contributed by atoms with Gasteiger partial charge in [-0.3, -0.25) is 0 Å². The second-order valence-electron chi connectivity index (χ2n) is 7.95. The van der Waals surface area contributed by atoms with Crippen molar-refractivity contribution in [3.63, 3.8) is 0 Å². The number of rotatable bonds is 3. The predicted octanol–water partition coefficient (Wildman–Crippen LogP) is 3.86. The number of halogens is 1. The maximum absolute atomic E-state index is 12.2. The molecule has 0 saturated carbocycles. The van der Waals surface area contributed by atoms with E-state index in [1.54, 1.807) is 4.90 Å². The summed E-state index contributed by atoms with van der Waals surface area (Å²) in [5.41, 5.74) is 1.60. The fraction of sp³-hybridized carbons (Fsp3) is 0.400. The van der Waals surface area contributed by atoms with Gasteiger partial charge in [0.15, 0.2) is 5.65 Å². The Balaban J connectivity index is 1.39. The largest absolute Gasteiger partial charge is 0.444 e. The van der Waals surface area contributed by atoms with Crippen LogP contribution in [0.5, 0.6) is 11.6 Å². The van der Waals surface area contributed by atoms with Crippen molar-refractivity contribution in [3.05, 3.63) is 35.9 Å². The number of hydrogen-bond acceptors (Lipinski definition) is 7. The standard InChI is InChI=1S/C20H23ClN6O3/c1-20(2,3)30-19(28)27-10-8-26(9-11-27)13-4-6-14(7-5-13)29-17-15-16(23-12-22-15)24-18(21)25-17/h4-7,12H,8-11H2,1-3H3,(H,22,23,24,25). The molecule has 0 aliphatic carbocycles. The van der Waals surface area contributed by atoms with Gasteiger partial charge in [-0.25, -0.2) is 9.78 Å². The smallest absolute Gasteiger partial charge is 0.410 e. The van der Waals surface area contributed by atoms with Crippen LogP contribution in [-0.2, 0) is 4.74 Å². The van der Waals surface area contributed by atoms with E-state index in [0.717, 1.165) is 18.8 Å². The van der Waals surface area contributed by atoms with E-state index in [0.29, 0.717) is 35.9 Å². The SMILES string of the molecule is CC(C)(C)OC(=O)N1CCN(c2ccc(Oc3nc(Cl)nc4nc[nH]c34)cc2)CC1. The van der Waals surface area contributed by atoms with Crippen molar-refractivity contribution in [1.29, 1.82) is 0 Å². The van der Waals surface area contributed by atoms with E-state index in [1.807, 2.05) is 45.0 Å². The lowest BCUT2D eigenvalue weighted by Gasteiger charge is -2.36. The minimum Gasteiger partial charge on any atom is -0.444 e. The Morgan fingerprint density at radius 2 is 1.80 bits per heavy atom. The van der Waals surface area contributed by atoms with Gasteiger partial charge < -0.3 is 24.3 Å². The number of aromatic nitrogens is 4. The summed E-state index contributed by atoms with van der Waals surface area (Å²) in [6.45, 7) is 8.31. The molecular weight excluding hydrogens is 408 g/mol. The predicted molar refractivity (Wildman–Crippen MR) is 113 cm³/mol. The maximum Gasteiger partial charge on any atom is 0.410 e. The van der Waals surface area contributed by atoms with Crippen molar-refractivity contribution in [2.45, 2.75) is 26.4 Å². The molecule has 1 N–H and O–H groups in total. The van der Waals surface area contributed by atoms with Gasteiger partial charge in [0.1, 0.15) is 16.9 Å². The minimum absolute atomic E-state index is 0.0732. The number of benzene rings is 1. The highest BCUT2D eigenvalue weighted by Crippen LogP contribution is 2.28. The summed E-state index contributed by atoms with van der Waals surface area (Å²) in [5.74, 6) is 0.943. The van der Waals surface area contributed by atoms with Crippen molar-refractivity contribution in [1.82, 2.24) is 24.8 Å². The van der Waals surface area contributed by atoms with Crippen LogP contribution in [0.15, 0.2) is 30.6 Å². The first kappa shape index (κ1) is 20.2. The second kappa shape index (κ2) is 7.98. The number of nitrogens with one attached hydrogen (secondary N) is 1. The van der Waals surface area contributed by atoms with Crippen LogP contribution >= 0.6 is 11.6 Å². The van der Waals surface area contributed by atoms with Gasteiger partial charge in [0.2, 0.25) is 11.2 Å². The summed E-state index contributed by atoms with van der Waals surface area (Å²) in [7, 11) is 0. The van der Waals surface area contributed by atoms with Gasteiger partial charge in [-0.1, -0.05) is 0 Å². The van der Waals surface area contributed by atoms with Gasteiger partial charge in [0.05, 0.1) is 6.33 Å². The average Bonchev–Trinajstić information content (AvgIpc) is 3.16. The normalized spacial score (nSPS) is 14.8. The third kappa shape index (κ3) is 4.56. The summed E-state index contributed by atoms with van der Waals surface area (Å²) in [5, 5.41) is 0.0732. The number of ether oxygens (including phenoxy) is 2. The van der Waals surface area contributed by atoms with E-state index in [9.17, 15) is 4.79 Å². The Morgan fingerprint density at radius 1 is 1.10 bits per heavy atom. The Morgan fingerprint density at radius 3 is 2.47 bits per heavy atom. The highest BCUT2D eigenvalue weighted by Gasteiger charge is 2.26. The molecule has 2 aromatic heterocycles. The number of piperazine rings is 1. The minimum atomic E-state index is -0.486. The van der Waals surface area contributed by atoms with Gasteiger partial charge in [-0.15, -0.1) is 0 Å². The Hall–Kier alpha value is -3.07. The Bertz CT molecular complexity index is 1040. The number of anilines is 1. The van der Waals surface area contributed by atoms with Gasteiger partial charge in [0, 0.05) is 31.9 Å². The Kier molecular flexibility index (Phi) is 5.38. The molecule has 30 heavy (non-hydrogen) atoms. The van der Waals surface area contributed by atoms with E-state index in [-0.39, 0.29) is 11.4 Å². The molecule has 0 bridgehead atoms. The van der Waals surface area contributed by atoms with E-state index >= 15 is 0 Å². The second-order valence-corrected chi connectivity index (χ2v) is 8.29. The fourth-order valence-electron chi connectivity index (χ4n) is 3.17. The van der Waals surface area contributed by atoms with Gasteiger partial charge >= 0.3 is 6.09 Å². The molecule has 3 heterocycles. The van der Waals surface area contributed by atoms with Crippen LogP contribution < -0.4 is 9.64 Å². The summed E-state index contributed by atoms with van der Waals surface area (Å²) < 4.78 is 11.3. The first-order valence-electron chi connectivity index (χ1n) is 9.66. The number of hydrogen-bond donors (Lipinski definition) is 1.